The largest absolute Gasteiger partial charge is 0.469 e. The van der Waals surface area contributed by atoms with Crippen LogP contribution in [0.1, 0.15) is 25.7 Å². The molecule has 0 saturated heterocycles. The van der Waals surface area contributed by atoms with E-state index < -0.39 is 0 Å². The molecule has 1 fully saturated rings. The molecule has 0 N–H and O–H groups in total. The number of carbonyl (C=O) groups is 1. The first-order valence-electron chi connectivity index (χ1n) is 4.38. The van der Waals surface area contributed by atoms with Crippen molar-refractivity contribution in [2.45, 2.75) is 31.8 Å². The topological polar surface area (TPSA) is 35.5 Å². The second-order valence-corrected chi connectivity index (χ2v) is 3.24. The first-order valence-corrected chi connectivity index (χ1v) is 4.38. The lowest BCUT2D eigenvalue weighted by atomic mass is 9.87. The van der Waals surface area contributed by atoms with Gasteiger partial charge in [-0.15, -0.1) is 0 Å². The summed E-state index contributed by atoms with van der Waals surface area (Å²) in [5.41, 5.74) is 0. The van der Waals surface area contributed by atoms with Gasteiger partial charge in [0, 0.05) is 7.11 Å². The van der Waals surface area contributed by atoms with Crippen LogP contribution in [0.4, 0.5) is 0 Å². The van der Waals surface area contributed by atoms with Crippen molar-refractivity contribution >= 4 is 5.97 Å². The molecule has 0 aromatic heterocycles. The van der Waals surface area contributed by atoms with E-state index in [0.29, 0.717) is 0 Å². The molecular weight excluding hydrogens is 156 g/mol. The van der Waals surface area contributed by atoms with Crippen molar-refractivity contribution in [3.05, 3.63) is 0 Å². The Morgan fingerprint density at radius 2 is 2.08 bits per heavy atom. The van der Waals surface area contributed by atoms with Crippen molar-refractivity contribution in [1.82, 2.24) is 0 Å². The molecule has 0 aliphatic heterocycles. The maximum Gasteiger partial charge on any atom is 0.308 e. The number of ether oxygens (including phenoxy) is 2. The molecule has 70 valence electrons. The standard InChI is InChI=1S/C9H16O3/c1-11-8-5-3-4-7(6-8)9(10)12-2/h7-8H,3-6H2,1-2H3/t7-,8+/m1/s1. The summed E-state index contributed by atoms with van der Waals surface area (Å²) in [4.78, 5) is 11.2. The van der Waals surface area contributed by atoms with Crippen molar-refractivity contribution in [3.8, 4) is 0 Å². The minimum atomic E-state index is -0.0863. The average molecular weight is 172 g/mol. The Balaban J connectivity index is 2.40. The molecule has 0 aromatic carbocycles. The van der Waals surface area contributed by atoms with E-state index in [2.05, 4.69) is 4.74 Å². The second-order valence-electron chi connectivity index (χ2n) is 3.24. The summed E-state index contributed by atoms with van der Waals surface area (Å²) >= 11 is 0. The van der Waals surface area contributed by atoms with E-state index in [9.17, 15) is 4.79 Å². The molecule has 1 rings (SSSR count). The average Bonchev–Trinajstić information content (AvgIpc) is 2.17. The zero-order valence-electron chi connectivity index (χ0n) is 7.71. The summed E-state index contributed by atoms with van der Waals surface area (Å²) in [5, 5.41) is 0. The van der Waals surface area contributed by atoms with Crippen LogP contribution in [-0.4, -0.2) is 26.3 Å². The van der Waals surface area contributed by atoms with Crippen LogP contribution in [-0.2, 0) is 14.3 Å². The Morgan fingerprint density at radius 1 is 1.33 bits per heavy atom. The van der Waals surface area contributed by atoms with Crippen molar-refractivity contribution in [3.63, 3.8) is 0 Å². The van der Waals surface area contributed by atoms with E-state index >= 15 is 0 Å². The zero-order valence-corrected chi connectivity index (χ0v) is 7.71. The van der Waals surface area contributed by atoms with Crippen LogP contribution in [0, 0.1) is 5.92 Å². The molecule has 12 heavy (non-hydrogen) atoms. The van der Waals surface area contributed by atoms with Crippen molar-refractivity contribution in [1.29, 1.82) is 0 Å². The molecule has 3 heteroatoms. The van der Waals surface area contributed by atoms with Crippen molar-refractivity contribution in [2.24, 2.45) is 5.92 Å². The Hall–Kier alpha value is -0.570. The highest BCUT2D eigenvalue weighted by Crippen LogP contribution is 2.26. The van der Waals surface area contributed by atoms with Crippen LogP contribution in [0.5, 0.6) is 0 Å². The Bertz CT molecular complexity index is 156. The lowest BCUT2D eigenvalue weighted by molar-refractivity contribution is -0.148. The zero-order chi connectivity index (χ0) is 8.97. The number of hydrogen-bond acceptors (Lipinski definition) is 3. The lowest BCUT2D eigenvalue weighted by Gasteiger charge is -2.26. The predicted octanol–water partition coefficient (Wildman–Crippen LogP) is 1.36. The Morgan fingerprint density at radius 3 is 2.67 bits per heavy atom. The summed E-state index contributed by atoms with van der Waals surface area (Å²) in [6.07, 6.45) is 4.17. The molecule has 1 aliphatic rings. The number of carbonyl (C=O) groups excluding carboxylic acids is 1. The molecule has 0 aromatic rings. The Kier molecular flexibility index (Phi) is 3.53. The summed E-state index contributed by atoms with van der Waals surface area (Å²) < 4.78 is 9.90. The molecule has 0 bridgehead atoms. The molecule has 0 heterocycles. The Labute approximate surface area is 73.0 Å². The minimum Gasteiger partial charge on any atom is -0.469 e. The van der Waals surface area contributed by atoms with E-state index in [1.807, 2.05) is 0 Å². The number of methoxy groups -OCH3 is 2. The smallest absolute Gasteiger partial charge is 0.308 e. The van der Waals surface area contributed by atoms with Crippen molar-refractivity contribution < 1.29 is 14.3 Å². The van der Waals surface area contributed by atoms with Gasteiger partial charge in [-0.05, 0) is 19.3 Å². The van der Waals surface area contributed by atoms with Crippen LogP contribution < -0.4 is 0 Å². The van der Waals surface area contributed by atoms with Crippen molar-refractivity contribution in [2.75, 3.05) is 14.2 Å². The molecule has 3 nitrogen and oxygen atoms in total. The van der Waals surface area contributed by atoms with Gasteiger partial charge in [-0.2, -0.15) is 0 Å². The van der Waals surface area contributed by atoms with Crippen LogP contribution in [0.2, 0.25) is 0 Å². The molecule has 0 spiro atoms. The van der Waals surface area contributed by atoms with Gasteiger partial charge in [0.05, 0.1) is 19.1 Å². The maximum atomic E-state index is 11.2. The number of hydrogen-bond donors (Lipinski definition) is 0. The molecular formula is C9H16O3. The fourth-order valence-electron chi connectivity index (χ4n) is 1.74. The highest BCUT2D eigenvalue weighted by molar-refractivity contribution is 5.72. The molecule has 0 unspecified atom stereocenters. The number of esters is 1. The minimum absolute atomic E-state index is 0.0636. The quantitative estimate of drug-likeness (QED) is 0.590. The monoisotopic (exact) mass is 172 g/mol. The summed E-state index contributed by atoms with van der Waals surface area (Å²) in [5.74, 6) is -0.0227. The molecule has 1 aliphatic carbocycles. The van der Waals surface area contributed by atoms with Gasteiger partial charge in [0.15, 0.2) is 0 Å². The SMILES string of the molecule is COC(=O)[C@@H]1CCC[C@H](OC)C1. The van der Waals surface area contributed by atoms with Crippen LogP contribution in [0.25, 0.3) is 0 Å². The fourth-order valence-corrected chi connectivity index (χ4v) is 1.74. The highest BCUT2D eigenvalue weighted by Gasteiger charge is 2.27. The van der Waals surface area contributed by atoms with Crippen LogP contribution in [0.3, 0.4) is 0 Å². The predicted molar refractivity (Wildman–Crippen MR) is 44.8 cm³/mol. The normalized spacial score (nSPS) is 29.8. The van der Waals surface area contributed by atoms with Gasteiger partial charge >= 0.3 is 5.97 Å². The van der Waals surface area contributed by atoms with Gasteiger partial charge in [-0.25, -0.2) is 0 Å². The first kappa shape index (κ1) is 9.52. The lowest BCUT2D eigenvalue weighted by Crippen LogP contribution is -2.27. The molecule has 1 saturated carbocycles. The molecule has 0 radical (unpaired) electrons. The van der Waals surface area contributed by atoms with E-state index in [0.717, 1.165) is 25.7 Å². The molecule has 0 amide bonds. The molecule has 2 atom stereocenters. The van der Waals surface area contributed by atoms with Crippen LogP contribution in [0.15, 0.2) is 0 Å². The van der Waals surface area contributed by atoms with Gasteiger partial charge in [-0.1, -0.05) is 6.42 Å². The third-order valence-electron chi connectivity index (χ3n) is 2.49. The van der Waals surface area contributed by atoms with Gasteiger partial charge in [0.25, 0.3) is 0 Å². The van der Waals surface area contributed by atoms with Gasteiger partial charge in [-0.3, -0.25) is 4.79 Å². The van der Waals surface area contributed by atoms with E-state index in [-0.39, 0.29) is 18.0 Å². The third-order valence-corrected chi connectivity index (χ3v) is 2.49. The summed E-state index contributed by atoms with van der Waals surface area (Å²) in [6.45, 7) is 0. The van der Waals surface area contributed by atoms with Gasteiger partial charge in [0.2, 0.25) is 0 Å². The summed E-state index contributed by atoms with van der Waals surface area (Å²) in [6, 6.07) is 0. The van der Waals surface area contributed by atoms with E-state index in [1.54, 1.807) is 7.11 Å². The summed E-state index contributed by atoms with van der Waals surface area (Å²) in [7, 11) is 3.14. The van der Waals surface area contributed by atoms with Crippen LogP contribution >= 0.6 is 0 Å². The first-order chi connectivity index (χ1) is 5.77. The third kappa shape index (κ3) is 2.21. The highest BCUT2D eigenvalue weighted by atomic mass is 16.5. The fraction of sp³-hybridized carbons (Fsp3) is 0.889. The maximum absolute atomic E-state index is 11.2. The second kappa shape index (κ2) is 4.45. The van der Waals surface area contributed by atoms with Gasteiger partial charge in [0.1, 0.15) is 0 Å². The number of rotatable bonds is 2. The van der Waals surface area contributed by atoms with E-state index in [1.165, 1.54) is 7.11 Å². The van der Waals surface area contributed by atoms with E-state index in [4.69, 9.17) is 4.74 Å². The van der Waals surface area contributed by atoms with Gasteiger partial charge < -0.3 is 9.47 Å².